The van der Waals surface area contributed by atoms with Crippen LogP contribution in [0.1, 0.15) is 37.3 Å². The summed E-state index contributed by atoms with van der Waals surface area (Å²) >= 11 is 1.89. The fourth-order valence-corrected chi connectivity index (χ4v) is 4.37. The quantitative estimate of drug-likeness (QED) is 0.901. The molecule has 0 aliphatic carbocycles. The van der Waals surface area contributed by atoms with E-state index in [2.05, 4.69) is 29.2 Å². The number of aliphatic carboxylic acids is 1. The normalized spacial score (nSPS) is 27.8. The van der Waals surface area contributed by atoms with Gasteiger partial charge in [-0.25, -0.2) is 0 Å². The summed E-state index contributed by atoms with van der Waals surface area (Å²) in [4.78, 5) is 15.0. The van der Waals surface area contributed by atoms with Crippen molar-refractivity contribution in [3.63, 3.8) is 0 Å². The van der Waals surface area contributed by atoms with Gasteiger partial charge in [-0.15, -0.1) is 11.8 Å². The van der Waals surface area contributed by atoms with E-state index < -0.39 is 5.97 Å². The summed E-state index contributed by atoms with van der Waals surface area (Å²) in [6.45, 7) is 0.917. The first kappa shape index (κ1) is 13.0. The molecule has 0 amide bonds. The van der Waals surface area contributed by atoms with Crippen molar-refractivity contribution in [1.29, 1.82) is 0 Å². The monoisotopic (exact) mass is 277 g/mol. The van der Waals surface area contributed by atoms with Crippen LogP contribution in [0.25, 0.3) is 0 Å². The molecule has 2 atom stereocenters. The van der Waals surface area contributed by atoms with Gasteiger partial charge in [-0.05, 0) is 43.2 Å². The molecule has 4 heteroatoms. The summed E-state index contributed by atoms with van der Waals surface area (Å²) in [6.07, 6.45) is 4.01. The molecule has 0 spiro atoms. The molecule has 0 aromatic heterocycles. The lowest BCUT2D eigenvalue weighted by Crippen LogP contribution is -2.47. The van der Waals surface area contributed by atoms with Crippen molar-refractivity contribution in [1.82, 2.24) is 4.90 Å². The van der Waals surface area contributed by atoms with Gasteiger partial charge >= 0.3 is 5.97 Å². The number of carbonyl (C=O) groups is 1. The number of thioether (sulfide) groups is 1. The molecule has 2 aliphatic heterocycles. The number of carboxylic acids is 1. The van der Waals surface area contributed by atoms with E-state index in [-0.39, 0.29) is 6.04 Å². The molecule has 2 aliphatic rings. The topological polar surface area (TPSA) is 40.5 Å². The number of likely N-dealkylation sites (tertiary alicyclic amines) is 1. The Hall–Kier alpha value is -1.00. The molecule has 1 saturated heterocycles. The largest absolute Gasteiger partial charge is 0.480 e. The maximum absolute atomic E-state index is 11.5. The lowest BCUT2D eigenvalue weighted by atomic mass is 9.94. The Morgan fingerprint density at radius 3 is 2.95 bits per heavy atom. The number of fused-ring (bicyclic) bond motifs is 1. The SMILES string of the molecule is O=C(O)C1CCCCN1C1CCSc2ccccc21. The minimum atomic E-state index is -0.657. The first-order chi connectivity index (χ1) is 9.27. The Labute approximate surface area is 118 Å². The lowest BCUT2D eigenvalue weighted by molar-refractivity contribution is -0.146. The third-order valence-electron chi connectivity index (χ3n) is 4.16. The lowest BCUT2D eigenvalue weighted by Gasteiger charge is -2.41. The summed E-state index contributed by atoms with van der Waals surface area (Å²) in [5.41, 5.74) is 1.33. The predicted octanol–water partition coefficient (Wildman–Crippen LogP) is 3.16. The second kappa shape index (κ2) is 5.55. The van der Waals surface area contributed by atoms with Crippen LogP contribution in [0.4, 0.5) is 0 Å². The van der Waals surface area contributed by atoms with Crippen molar-refractivity contribution in [2.45, 2.75) is 42.7 Å². The highest BCUT2D eigenvalue weighted by Crippen LogP contribution is 2.41. The Kier molecular flexibility index (Phi) is 3.80. The Morgan fingerprint density at radius 1 is 1.26 bits per heavy atom. The molecule has 3 nitrogen and oxygen atoms in total. The first-order valence-corrected chi connectivity index (χ1v) is 7.96. The maximum Gasteiger partial charge on any atom is 0.320 e. The highest BCUT2D eigenvalue weighted by atomic mass is 32.2. The predicted molar refractivity (Wildman–Crippen MR) is 76.5 cm³/mol. The number of hydrogen-bond acceptors (Lipinski definition) is 3. The summed E-state index contributed by atoms with van der Waals surface area (Å²) in [5, 5.41) is 9.44. The van der Waals surface area contributed by atoms with Crippen molar-refractivity contribution in [3.8, 4) is 0 Å². The summed E-state index contributed by atoms with van der Waals surface area (Å²) < 4.78 is 0. The number of benzene rings is 1. The minimum absolute atomic E-state index is 0.291. The summed E-state index contributed by atoms with van der Waals surface area (Å²) in [6, 6.07) is 8.45. The molecule has 0 radical (unpaired) electrons. The summed E-state index contributed by atoms with van der Waals surface area (Å²) in [7, 11) is 0. The molecule has 19 heavy (non-hydrogen) atoms. The fraction of sp³-hybridized carbons (Fsp3) is 0.533. The zero-order valence-electron chi connectivity index (χ0n) is 10.9. The van der Waals surface area contributed by atoms with Gasteiger partial charge in [0.1, 0.15) is 6.04 Å². The maximum atomic E-state index is 11.5. The van der Waals surface area contributed by atoms with Gasteiger partial charge in [0, 0.05) is 10.9 Å². The fourth-order valence-electron chi connectivity index (χ4n) is 3.26. The minimum Gasteiger partial charge on any atom is -0.480 e. The number of carboxylic acid groups (broad SMARTS) is 1. The van der Waals surface area contributed by atoms with Gasteiger partial charge in [-0.1, -0.05) is 24.6 Å². The van der Waals surface area contributed by atoms with Gasteiger partial charge in [0.15, 0.2) is 0 Å². The average Bonchev–Trinajstić information content (AvgIpc) is 2.46. The van der Waals surface area contributed by atoms with Gasteiger partial charge in [0.2, 0.25) is 0 Å². The molecular weight excluding hydrogens is 258 g/mol. The first-order valence-electron chi connectivity index (χ1n) is 6.97. The van der Waals surface area contributed by atoms with Gasteiger partial charge in [0.25, 0.3) is 0 Å². The van der Waals surface area contributed by atoms with Gasteiger partial charge < -0.3 is 5.11 Å². The van der Waals surface area contributed by atoms with E-state index in [1.165, 1.54) is 10.5 Å². The van der Waals surface area contributed by atoms with Crippen LogP contribution in [0.15, 0.2) is 29.2 Å². The van der Waals surface area contributed by atoms with Crippen molar-refractivity contribution in [2.24, 2.45) is 0 Å². The average molecular weight is 277 g/mol. The van der Waals surface area contributed by atoms with Crippen LogP contribution in [0.2, 0.25) is 0 Å². The molecule has 1 N–H and O–H groups in total. The van der Waals surface area contributed by atoms with E-state index in [4.69, 9.17) is 0 Å². The zero-order valence-corrected chi connectivity index (χ0v) is 11.7. The zero-order chi connectivity index (χ0) is 13.2. The molecule has 0 bridgehead atoms. The molecule has 2 heterocycles. The van der Waals surface area contributed by atoms with Crippen molar-refractivity contribution < 1.29 is 9.90 Å². The van der Waals surface area contributed by atoms with E-state index in [1.807, 2.05) is 11.8 Å². The van der Waals surface area contributed by atoms with E-state index >= 15 is 0 Å². The van der Waals surface area contributed by atoms with Crippen LogP contribution in [-0.4, -0.2) is 34.3 Å². The van der Waals surface area contributed by atoms with Crippen LogP contribution in [-0.2, 0) is 4.79 Å². The van der Waals surface area contributed by atoms with Crippen LogP contribution < -0.4 is 0 Å². The second-order valence-corrected chi connectivity index (χ2v) is 6.42. The Balaban J connectivity index is 1.91. The van der Waals surface area contributed by atoms with Crippen molar-refractivity contribution in [3.05, 3.63) is 29.8 Å². The number of nitrogens with zero attached hydrogens (tertiary/aromatic N) is 1. The molecule has 1 aromatic rings. The van der Waals surface area contributed by atoms with E-state index in [0.29, 0.717) is 6.04 Å². The standard InChI is InChI=1S/C15H19NO2S/c17-15(18)13-6-3-4-9-16(13)12-8-10-19-14-7-2-1-5-11(12)14/h1-2,5,7,12-13H,3-4,6,8-10H2,(H,17,18). The number of piperidine rings is 1. The Morgan fingerprint density at radius 2 is 2.11 bits per heavy atom. The van der Waals surface area contributed by atoms with Gasteiger partial charge in [-0.3, -0.25) is 9.69 Å². The third kappa shape index (κ3) is 2.51. The van der Waals surface area contributed by atoms with Gasteiger partial charge in [0.05, 0.1) is 0 Å². The third-order valence-corrected chi connectivity index (χ3v) is 5.28. The molecule has 102 valence electrons. The smallest absolute Gasteiger partial charge is 0.320 e. The second-order valence-electron chi connectivity index (χ2n) is 5.28. The molecule has 2 unspecified atom stereocenters. The number of hydrogen-bond donors (Lipinski definition) is 1. The molecule has 1 fully saturated rings. The Bertz CT molecular complexity index is 477. The van der Waals surface area contributed by atoms with E-state index in [1.54, 1.807) is 0 Å². The highest BCUT2D eigenvalue weighted by Gasteiger charge is 2.35. The van der Waals surface area contributed by atoms with E-state index in [0.717, 1.165) is 38.0 Å². The van der Waals surface area contributed by atoms with Crippen molar-refractivity contribution in [2.75, 3.05) is 12.3 Å². The summed E-state index contributed by atoms with van der Waals surface area (Å²) in [5.74, 6) is 0.431. The molecular formula is C15H19NO2S. The molecule has 3 rings (SSSR count). The van der Waals surface area contributed by atoms with Crippen LogP contribution in [0, 0.1) is 0 Å². The highest BCUT2D eigenvalue weighted by molar-refractivity contribution is 7.99. The van der Waals surface area contributed by atoms with E-state index in [9.17, 15) is 9.90 Å². The van der Waals surface area contributed by atoms with Gasteiger partial charge in [-0.2, -0.15) is 0 Å². The molecule has 1 aromatic carbocycles. The van der Waals surface area contributed by atoms with Crippen molar-refractivity contribution >= 4 is 17.7 Å². The van der Waals surface area contributed by atoms with Crippen LogP contribution >= 0.6 is 11.8 Å². The molecule has 0 saturated carbocycles. The van der Waals surface area contributed by atoms with Crippen LogP contribution in [0.5, 0.6) is 0 Å². The number of rotatable bonds is 2. The van der Waals surface area contributed by atoms with Crippen LogP contribution in [0.3, 0.4) is 0 Å².